The minimum absolute atomic E-state index is 0.143. The van der Waals surface area contributed by atoms with Gasteiger partial charge in [0.1, 0.15) is 5.75 Å². The van der Waals surface area contributed by atoms with Crippen LogP contribution in [0.1, 0.15) is 29.0 Å². The number of rotatable bonds is 3. The Labute approximate surface area is 164 Å². The lowest BCUT2D eigenvalue weighted by molar-refractivity contribution is -0.189. The Morgan fingerprint density at radius 1 is 1.15 bits per heavy atom. The average molecular weight is 418 g/mol. The highest BCUT2D eigenvalue weighted by atomic mass is 35.5. The van der Waals surface area contributed by atoms with E-state index < -0.39 is 12.1 Å². The fourth-order valence-electron chi connectivity index (χ4n) is 3.31. The molecule has 2 aromatic rings. The van der Waals surface area contributed by atoms with E-state index in [-0.39, 0.29) is 17.7 Å². The molecule has 0 bridgehead atoms. The third-order valence-electron chi connectivity index (χ3n) is 4.66. The Hall–Kier alpha value is -1.76. The van der Waals surface area contributed by atoms with Crippen molar-refractivity contribution in [3.8, 4) is 5.75 Å². The minimum atomic E-state index is -5.05. The summed E-state index contributed by atoms with van der Waals surface area (Å²) < 4.78 is 41.8. The number of alkyl halides is 3. The Morgan fingerprint density at radius 2 is 1.89 bits per heavy atom. The lowest BCUT2D eigenvalue weighted by Crippen LogP contribution is -2.34. The fraction of sp³-hybridized carbons (Fsp3) is 0.316. The van der Waals surface area contributed by atoms with E-state index in [1.807, 2.05) is 6.07 Å². The van der Waals surface area contributed by atoms with Gasteiger partial charge in [-0.05, 0) is 60.2 Å². The first-order valence-electron chi connectivity index (χ1n) is 8.26. The summed E-state index contributed by atoms with van der Waals surface area (Å²) in [4.78, 5) is 11.1. The number of esters is 1. The van der Waals surface area contributed by atoms with E-state index in [0.717, 1.165) is 23.1 Å². The molecule has 0 saturated carbocycles. The number of carbonyl (C=O) groups is 1. The lowest BCUT2D eigenvalue weighted by Gasteiger charge is -2.32. The first kappa shape index (κ1) is 20.0. The number of halogens is 5. The molecular formula is C19H16Cl2F3NO2. The molecule has 2 atom stereocenters. The molecule has 0 spiro atoms. The van der Waals surface area contributed by atoms with Crippen LogP contribution < -0.4 is 10.5 Å². The molecular weight excluding hydrogens is 402 g/mol. The van der Waals surface area contributed by atoms with E-state index in [1.165, 1.54) is 12.1 Å². The summed E-state index contributed by atoms with van der Waals surface area (Å²) in [5.74, 6) is -2.54. The van der Waals surface area contributed by atoms with Gasteiger partial charge in [0.05, 0.1) is 10.0 Å². The van der Waals surface area contributed by atoms with Crippen molar-refractivity contribution in [2.75, 3.05) is 0 Å². The predicted octanol–water partition coefficient (Wildman–Crippen LogP) is 5.06. The van der Waals surface area contributed by atoms with Gasteiger partial charge in [0.15, 0.2) is 0 Å². The van der Waals surface area contributed by atoms with E-state index in [9.17, 15) is 18.0 Å². The second-order valence-electron chi connectivity index (χ2n) is 6.51. The fourth-order valence-corrected chi connectivity index (χ4v) is 3.63. The van der Waals surface area contributed by atoms with Crippen molar-refractivity contribution in [2.45, 2.75) is 37.4 Å². The first-order chi connectivity index (χ1) is 12.6. The standard InChI is InChI=1S/C19H16Cl2F3NO2/c20-15-5-1-10(8-16(15)21)7-14-13-9-12(27-18(26)19(22,23)24)4-2-11(13)3-6-17(14)25/h1-2,4-5,8-9,14,17H,3,6-7,25H2. The zero-order chi connectivity index (χ0) is 19.8. The Bertz CT molecular complexity index is 871. The maximum atomic E-state index is 12.5. The molecule has 3 rings (SSSR count). The van der Waals surface area contributed by atoms with Crippen LogP contribution >= 0.6 is 23.2 Å². The molecule has 0 saturated heterocycles. The Kier molecular flexibility index (Phi) is 5.70. The molecule has 8 heteroatoms. The normalized spacial score (nSPS) is 19.5. The Morgan fingerprint density at radius 3 is 2.56 bits per heavy atom. The van der Waals surface area contributed by atoms with Gasteiger partial charge in [-0.2, -0.15) is 13.2 Å². The molecule has 0 fully saturated rings. The van der Waals surface area contributed by atoms with Crippen molar-refractivity contribution in [1.29, 1.82) is 0 Å². The van der Waals surface area contributed by atoms with Crippen LogP contribution in [0.15, 0.2) is 36.4 Å². The number of aryl methyl sites for hydroxylation is 1. The number of fused-ring (bicyclic) bond motifs is 1. The van der Waals surface area contributed by atoms with Crippen LogP contribution in [-0.4, -0.2) is 18.2 Å². The molecule has 0 heterocycles. The summed E-state index contributed by atoms with van der Waals surface area (Å²) in [5, 5.41) is 0.863. The van der Waals surface area contributed by atoms with Crippen LogP contribution in [-0.2, 0) is 17.6 Å². The zero-order valence-electron chi connectivity index (χ0n) is 14.0. The van der Waals surface area contributed by atoms with Crippen LogP contribution in [0.25, 0.3) is 0 Å². The highest BCUT2D eigenvalue weighted by molar-refractivity contribution is 6.42. The van der Waals surface area contributed by atoms with Crippen LogP contribution in [0.5, 0.6) is 5.75 Å². The molecule has 1 aliphatic carbocycles. The molecule has 0 amide bonds. The molecule has 3 nitrogen and oxygen atoms in total. The highest BCUT2D eigenvalue weighted by Gasteiger charge is 2.41. The van der Waals surface area contributed by atoms with Crippen LogP contribution in [0.3, 0.4) is 0 Å². The SMILES string of the molecule is NC1CCc2ccc(OC(=O)C(F)(F)F)cc2C1Cc1ccc(Cl)c(Cl)c1. The van der Waals surface area contributed by atoms with Crippen molar-refractivity contribution in [3.05, 3.63) is 63.1 Å². The van der Waals surface area contributed by atoms with E-state index in [2.05, 4.69) is 4.74 Å². The van der Waals surface area contributed by atoms with Gasteiger partial charge in [0, 0.05) is 12.0 Å². The molecule has 2 aromatic carbocycles. The van der Waals surface area contributed by atoms with Gasteiger partial charge in [-0.25, -0.2) is 4.79 Å². The summed E-state index contributed by atoms with van der Waals surface area (Å²) in [7, 11) is 0. The monoisotopic (exact) mass is 417 g/mol. The molecule has 2 unspecified atom stereocenters. The summed E-state index contributed by atoms with van der Waals surface area (Å²) in [6, 6.07) is 9.62. The minimum Gasteiger partial charge on any atom is -0.420 e. The van der Waals surface area contributed by atoms with Crippen molar-refractivity contribution >= 4 is 29.2 Å². The summed E-state index contributed by atoms with van der Waals surface area (Å²) in [5.41, 5.74) is 8.96. The molecule has 0 radical (unpaired) electrons. The van der Waals surface area contributed by atoms with Gasteiger partial charge < -0.3 is 10.5 Å². The number of hydrogen-bond donors (Lipinski definition) is 1. The van der Waals surface area contributed by atoms with Gasteiger partial charge in [0.2, 0.25) is 0 Å². The number of ether oxygens (including phenoxy) is 1. The highest BCUT2D eigenvalue weighted by Crippen LogP contribution is 2.37. The van der Waals surface area contributed by atoms with Crippen LogP contribution in [0.2, 0.25) is 10.0 Å². The largest absolute Gasteiger partial charge is 0.491 e. The molecule has 0 aliphatic heterocycles. The second kappa shape index (κ2) is 7.70. The molecule has 27 heavy (non-hydrogen) atoms. The smallest absolute Gasteiger partial charge is 0.420 e. The number of carbonyl (C=O) groups excluding carboxylic acids is 1. The topological polar surface area (TPSA) is 52.3 Å². The maximum absolute atomic E-state index is 12.5. The summed E-state index contributed by atoms with van der Waals surface area (Å²) in [6.07, 6.45) is -3.05. The number of hydrogen-bond acceptors (Lipinski definition) is 3. The Balaban J connectivity index is 1.89. The molecule has 144 valence electrons. The molecule has 2 N–H and O–H groups in total. The van der Waals surface area contributed by atoms with Crippen molar-refractivity contribution in [2.24, 2.45) is 5.73 Å². The third kappa shape index (κ3) is 4.57. The number of nitrogens with two attached hydrogens (primary N) is 1. The van der Waals surface area contributed by atoms with E-state index in [4.69, 9.17) is 28.9 Å². The van der Waals surface area contributed by atoms with E-state index in [0.29, 0.717) is 22.9 Å². The molecule has 1 aliphatic rings. The average Bonchev–Trinajstić information content (AvgIpc) is 2.60. The van der Waals surface area contributed by atoms with Gasteiger partial charge in [-0.15, -0.1) is 0 Å². The van der Waals surface area contributed by atoms with Gasteiger partial charge in [0.25, 0.3) is 0 Å². The first-order valence-corrected chi connectivity index (χ1v) is 9.02. The molecule has 0 aromatic heterocycles. The summed E-state index contributed by atoms with van der Waals surface area (Å²) >= 11 is 12.0. The third-order valence-corrected chi connectivity index (χ3v) is 5.40. The van der Waals surface area contributed by atoms with Crippen LogP contribution in [0, 0.1) is 0 Å². The predicted molar refractivity (Wildman–Crippen MR) is 97.3 cm³/mol. The lowest BCUT2D eigenvalue weighted by atomic mass is 9.76. The van der Waals surface area contributed by atoms with Crippen molar-refractivity contribution in [3.63, 3.8) is 0 Å². The van der Waals surface area contributed by atoms with Crippen molar-refractivity contribution < 1.29 is 22.7 Å². The summed E-state index contributed by atoms with van der Waals surface area (Å²) in [6.45, 7) is 0. The van der Waals surface area contributed by atoms with Gasteiger partial charge in [-0.3, -0.25) is 0 Å². The van der Waals surface area contributed by atoms with E-state index >= 15 is 0 Å². The van der Waals surface area contributed by atoms with Gasteiger partial charge in [-0.1, -0.05) is 35.3 Å². The van der Waals surface area contributed by atoms with E-state index in [1.54, 1.807) is 18.2 Å². The van der Waals surface area contributed by atoms with Crippen LogP contribution in [0.4, 0.5) is 13.2 Å². The second-order valence-corrected chi connectivity index (χ2v) is 7.32. The maximum Gasteiger partial charge on any atom is 0.491 e. The van der Waals surface area contributed by atoms with Gasteiger partial charge >= 0.3 is 12.1 Å². The number of benzene rings is 2. The quantitative estimate of drug-likeness (QED) is 0.560. The zero-order valence-corrected chi connectivity index (χ0v) is 15.5. The van der Waals surface area contributed by atoms with Crippen molar-refractivity contribution in [1.82, 2.24) is 0 Å².